The van der Waals surface area contributed by atoms with E-state index < -0.39 is 24.2 Å². The number of benzene rings is 1. The van der Waals surface area contributed by atoms with Crippen molar-refractivity contribution in [3.8, 4) is 0 Å². The number of anilines is 1. The van der Waals surface area contributed by atoms with Crippen LogP contribution in [-0.2, 0) is 4.79 Å². The summed E-state index contributed by atoms with van der Waals surface area (Å²) in [5, 5.41) is 34.3. The Morgan fingerprint density at radius 2 is 1.95 bits per heavy atom. The average Bonchev–Trinajstić information content (AvgIpc) is 3.50. The zero-order chi connectivity index (χ0) is 26.3. The van der Waals surface area contributed by atoms with E-state index in [-0.39, 0.29) is 18.4 Å². The lowest BCUT2D eigenvalue weighted by atomic mass is 10.0. The molecule has 2 saturated carbocycles. The van der Waals surface area contributed by atoms with Crippen molar-refractivity contribution in [3.63, 3.8) is 0 Å². The minimum atomic E-state index is -1.19. The van der Waals surface area contributed by atoms with E-state index in [2.05, 4.69) is 39.6 Å². The zero-order valence-corrected chi connectivity index (χ0v) is 22.7. The number of rotatable bonds is 9. The van der Waals surface area contributed by atoms with Gasteiger partial charge in [-0.2, -0.15) is 0 Å². The first-order valence-corrected chi connectivity index (χ1v) is 14.1. The van der Waals surface area contributed by atoms with E-state index in [1.54, 1.807) is 16.4 Å². The maximum absolute atomic E-state index is 12.5. The van der Waals surface area contributed by atoms with Crippen molar-refractivity contribution in [1.29, 1.82) is 0 Å². The Labute approximate surface area is 224 Å². The predicted molar refractivity (Wildman–Crippen MR) is 143 cm³/mol. The standard InChI is InChI=1S/C25H32ClN7O3S/c1-4-10-37-25-28-22(32(3)17-11-15(17)13-6-8-14(26)9-7-13)19-23(29-25)33(31-30-19)18-12-16(20(34)21(18)35)24(36)27-5-2/h6-9,15-18,20-21,34-35H,4-5,10-12H2,1-3H3,(H,27,36)/t15?,16-,17?,18+,20+,21-/m1/s1. The van der Waals surface area contributed by atoms with Gasteiger partial charge >= 0.3 is 0 Å². The molecule has 0 bridgehead atoms. The van der Waals surface area contributed by atoms with Gasteiger partial charge < -0.3 is 20.4 Å². The Bertz CT molecular complexity index is 1270. The molecule has 2 aromatic heterocycles. The van der Waals surface area contributed by atoms with Gasteiger partial charge in [-0.3, -0.25) is 4.79 Å². The molecule has 10 nitrogen and oxygen atoms in total. The van der Waals surface area contributed by atoms with Crippen LogP contribution in [0.4, 0.5) is 5.82 Å². The summed E-state index contributed by atoms with van der Waals surface area (Å²) in [6.07, 6.45) is -0.173. The number of amides is 1. The second-order valence-electron chi connectivity index (χ2n) is 9.74. The summed E-state index contributed by atoms with van der Waals surface area (Å²) in [5.41, 5.74) is 2.26. The van der Waals surface area contributed by atoms with Crippen molar-refractivity contribution in [1.82, 2.24) is 30.3 Å². The minimum absolute atomic E-state index is 0.237. The molecular weight excluding hydrogens is 514 g/mol. The SMILES string of the molecule is CCCSc1nc(N(C)C2CC2c2ccc(Cl)cc2)c2nnn([C@H]3C[C@@H](C(=O)NCC)[C@H](O)[C@@H]3O)c2n1. The van der Waals surface area contributed by atoms with Crippen LogP contribution in [0, 0.1) is 5.92 Å². The van der Waals surface area contributed by atoms with E-state index >= 15 is 0 Å². The van der Waals surface area contributed by atoms with Gasteiger partial charge in [-0.15, -0.1) is 5.10 Å². The Balaban J connectivity index is 1.48. The number of halogens is 1. The van der Waals surface area contributed by atoms with Gasteiger partial charge in [-0.25, -0.2) is 14.6 Å². The third-order valence-corrected chi connectivity index (χ3v) is 8.57. The number of aliphatic hydroxyl groups excluding tert-OH is 2. The summed E-state index contributed by atoms with van der Waals surface area (Å²) in [5.74, 6) is 0.890. The number of nitrogens with zero attached hydrogens (tertiary/aromatic N) is 6. The first kappa shape index (κ1) is 26.1. The van der Waals surface area contributed by atoms with E-state index in [9.17, 15) is 15.0 Å². The number of nitrogens with one attached hydrogen (secondary N) is 1. The molecule has 1 aromatic carbocycles. The van der Waals surface area contributed by atoms with Crippen LogP contribution in [0.3, 0.4) is 0 Å². The van der Waals surface area contributed by atoms with Gasteiger partial charge in [-0.05, 0) is 43.9 Å². The molecule has 2 unspecified atom stereocenters. The van der Waals surface area contributed by atoms with Gasteiger partial charge in [0.05, 0.1) is 18.1 Å². The fourth-order valence-electron chi connectivity index (χ4n) is 5.18. The highest BCUT2D eigenvalue weighted by molar-refractivity contribution is 7.99. The van der Waals surface area contributed by atoms with Gasteiger partial charge in [-0.1, -0.05) is 47.6 Å². The first-order chi connectivity index (χ1) is 17.8. The molecule has 0 radical (unpaired) electrons. The topological polar surface area (TPSA) is 129 Å². The molecule has 198 valence electrons. The van der Waals surface area contributed by atoms with Crippen molar-refractivity contribution in [2.45, 2.75) is 68.5 Å². The molecule has 5 rings (SSSR count). The average molecular weight is 546 g/mol. The maximum atomic E-state index is 12.5. The third-order valence-electron chi connectivity index (χ3n) is 7.26. The predicted octanol–water partition coefficient (Wildman–Crippen LogP) is 2.79. The minimum Gasteiger partial charge on any atom is -0.390 e. The molecule has 2 aliphatic carbocycles. The fraction of sp³-hybridized carbons (Fsp3) is 0.560. The lowest BCUT2D eigenvalue weighted by molar-refractivity contribution is -0.128. The van der Waals surface area contributed by atoms with Crippen LogP contribution in [0.25, 0.3) is 11.2 Å². The highest BCUT2D eigenvalue weighted by Crippen LogP contribution is 2.46. The molecule has 2 fully saturated rings. The number of thioether (sulfide) groups is 1. The maximum Gasteiger partial charge on any atom is 0.225 e. The van der Waals surface area contributed by atoms with Gasteiger partial charge in [0.2, 0.25) is 5.91 Å². The summed E-state index contributed by atoms with van der Waals surface area (Å²) in [6.45, 7) is 4.37. The third kappa shape index (κ3) is 5.01. The molecule has 6 atom stereocenters. The van der Waals surface area contributed by atoms with Crippen molar-refractivity contribution in [2.24, 2.45) is 5.92 Å². The number of hydrogen-bond acceptors (Lipinski definition) is 9. The molecule has 1 amide bonds. The quantitative estimate of drug-likeness (QED) is 0.274. The van der Waals surface area contributed by atoms with Crippen molar-refractivity contribution in [2.75, 3.05) is 24.2 Å². The summed E-state index contributed by atoms with van der Waals surface area (Å²) in [6, 6.07) is 7.56. The summed E-state index contributed by atoms with van der Waals surface area (Å²) < 4.78 is 1.56. The second-order valence-corrected chi connectivity index (χ2v) is 11.2. The first-order valence-electron chi connectivity index (χ1n) is 12.7. The molecule has 12 heteroatoms. The van der Waals surface area contributed by atoms with E-state index in [1.807, 2.05) is 26.1 Å². The molecule has 0 spiro atoms. The van der Waals surface area contributed by atoms with Crippen LogP contribution in [-0.4, -0.2) is 78.7 Å². The fourth-order valence-corrected chi connectivity index (χ4v) is 5.99. The molecule has 0 saturated heterocycles. The van der Waals surface area contributed by atoms with Crippen molar-refractivity contribution < 1.29 is 15.0 Å². The number of aliphatic hydroxyl groups is 2. The molecular formula is C25H32ClN7O3S. The Morgan fingerprint density at radius 3 is 2.65 bits per heavy atom. The number of fused-ring (bicyclic) bond motifs is 1. The summed E-state index contributed by atoms with van der Waals surface area (Å²) in [7, 11) is 2.01. The smallest absolute Gasteiger partial charge is 0.225 e. The van der Waals surface area contributed by atoms with Gasteiger partial charge in [0.25, 0.3) is 0 Å². The number of carbonyl (C=O) groups excluding carboxylic acids is 1. The molecule has 2 aliphatic rings. The van der Waals surface area contributed by atoms with E-state index in [0.717, 1.165) is 23.6 Å². The second kappa shape index (κ2) is 10.7. The van der Waals surface area contributed by atoms with Crippen LogP contribution < -0.4 is 10.2 Å². The van der Waals surface area contributed by atoms with E-state index in [1.165, 1.54) is 5.56 Å². The van der Waals surface area contributed by atoms with Crippen LogP contribution >= 0.6 is 23.4 Å². The van der Waals surface area contributed by atoms with Crippen molar-refractivity contribution in [3.05, 3.63) is 34.9 Å². The van der Waals surface area contributed by atoms with Crippen LogP contribution in [0.5, 0.6) is 0 Å². The normalized spacial score (nSPS) is 27.0. The van der Waals surface area contributed by atoms with Crippen LogP contribution in [0.15, 0.2) is 29.4 Å². The Hall–Kier alpha value is -2.47. The number of carbonyl (C=O) groups is 1. The van der Waals surface area contributed by atoms with Crippen molar-refractivity contribution >= 4 is 46.3 Å². The monoisotopic (exact) mass is 545 g/mol. The highest BCUT2D eigenvalue weighted by atomic mass is 35.5. The number of hydrogen-bond donors (Lipinski definition) is 3. The summed E-state index contributed by atoms with van der Waals surface area (Å²) in [4.78, 5) is 24.2. The Kier molecular flexibility index (Phi) is 7.58. The Morgan fingerprint density at radius 1 is 1.19 bits per heavy atom. The number of aromatic nitrogens is 5. The van der Waals surface area contributed by atoms with Gasteiger partial charge in [0, 0.05) is 36.3 Å². The highest BCUT2D eigenvalue weighted by Gasteiger charge is 2.47. The number of likely N-dealkylation sites (N-methyl/N-ethyl adjacent to an activating group) is 1. The molecule has 3 N–H and O–H groups in total. The van der Waals surface area contributed by atoms with Crippen LogP contribution in [0.2, 0.25) is 5.02 Å². The lowest BCUT2D eigenvalue weighted by Gasteiger charge is -2.20. The zero-order valence-electron chi connectivity index (χ0n) is 21.1. The van der Waals surface area contributed by atoms with E-state index in [0.29, 0.717) is 34.6 Å². The van der Waals surface area contributed by atoms with Gasteiger partial charge in [0.1, 0.15) is 6.10 Å². The van der Waals surface area contributed by atoms with Gasteiger partial charge in [0.15, 0.2) is 22.1 Å². The molecule has 2 heterocycles. The van der Waals surface area contributed by atoms with E-state index in [4.69, 9.17) is 21.6 Å². The summed E-state index contributed by atoms with van der Waals surface area (Å²) >= 11 is 7.63. The van der Waals surface area contributed by atoms with Crippen LogP contribution in [0.1, 0.15) is 50.6 Å². The lowest BCUT2D eigenvalue weighted by Crippen LogP contribution is -2.38. The molecule has 0 aliphatic heterocycles. The largest absolute Gasteiger partial charge is 0.390 e. The molecule has 37 heavy (non-hydrogen) atoms. The molecule has 3 aromatic rings.